The average molecular weight is 290 g/mol. The molecule has 3 nitrogen and oxygen atoms in total. The number of nitrogens with one attached hydrogen (secondary N) is 1. The number of anilines is 1. The van der Waals surface area contributed by atoms with Gasteiger partial charge in [-0.15, -0.1) is 0 Å². The first-order valence-corrected chi connectivity index (χ1v) is 7.13. The number of rotatable bonds is 3. The Kier molecular flexibility index (Phi) is 3.36. The van der Waals surface area contributed by atoms with Crippen molar-refractivity contribution in [1.82, 2.24) is 9.97 Å². The first-order chi connectivity index (χ1) is 9.20. The van der Waals surface area contributed by atoms with Crippen LogP contribution in [0.4, 0.5) is 5.13 Å². The summed E-state index contributed by atoms with van der Waals surface area (Å²) in [7, 11) is 0. The molecule has 0 aliphatic heterocycles. The molecule has 3 aromatic rings. The first kappa shape index (κ1) is 12.4. The topological polar surface area (TPSA) is 37.8 Å². The van der Waals surface area contributed by atoms with Crippen molar-refractivity contribution in [3.8, 4) is 0 Å². The second-order valence-corrected chi connectivity index (χ2v) is 5.72. The highest BCUT2D eigenvalue weighted by Gasteiger charge is 2.04. The van der Waals surface area contributed by atoms with Crippen LogP contribution in [0.15, 0.2) is 36.4 Å². The molecule has 0 radical (unpaired) electrons. The maximum absolute atomic E-state index is 5.95. The number of thiazole rings is 1. The summed E-state index contributed by atoms with van der Waals surface area (Å²) >= 11 is 7.57. The Morgan fingerprint density at radius 3 is 2.95 bits per heavy atom. The van der Waals surface area contributed by atoms with Crippen LogP contribution in [0.25, 0.3) is 10.2 Å². The van der Waals surface area contributed by atoms with Gasteiger partial charge in [0.2, 0.25) is 0 Å². The van der Waals surface area contributed by atoms with Gasteiger partial charge in [0.15, 0.2) is 5.13 Å². The molecule has 0 spiro atoms. The summed E-state index contributed by atoms with van der Waals surface area (Å²) in [5.41, 5.74) is 2.96. The van der Waals surface area contributed by atoms with Gasteiger partial charge in [0.25, 0.3) is 0 Å². The molecular formula is C14H12ClN3S. The van der Waals surface area contributed by atoms with Crippen molar-refractivity contribution in [3.63, 3.8) is 0 Å². The van der Waals surface area contributed by atoms with Crippen LogP contribution < -0.4 is 5.32 Å². The molecule has 2 heterocycles. The molecule has 0 fully saturated rings. The van der Waals surface area contributed by atoms with E-state index in [9.17, 15) is 0 Å². The van der Waals surface area contributed by atoms with Crippen LogP contribution in [0.3, 0.4) is 0 Å². The second kappa shape index (κ2) is 5.15. The Bertz CT molecular complexity index is 724. The molecule has 0 aliphatic rings. The highest BCUT2D eigenvalue weighted by molar-refractivity contribution is 7.22. The Morgan fingerprint density at radius 1 is 1.21 bits per heavy atom. The van der Waals surface area contributed by atoms with Gasteiger partial charge in [-0.2, -0.15) is 0 Å². The van der Waals surface area contributed by atoms with Crippen molar-refractivity contribution in [2.75, 3.05) is 5.32 Å². The van der Waals surface area contributed by atoms with Crippen LogP contribution in [0, 0.1) is 6.92 Å². The summed E-state index contributed by atoms with van der Waals surface area (Å²) in [6.07, 6.45) is 0. The van der Waals surface area contributed by atoms with Gasteiger partial charge in [0.1, 0.15) is 0 Å². The summed E-state index contributed by atoms with van der Waals surface area (Å²) < 4.78 is 1.13. The van der Waals surface area contributed by atoms with Gasteiger partial charge >= 0.3 is 0 Å². The molecule has 19 heavy (non-hydrogen) atoms. The minimum absolute atomic E-state index is 0.676. The van der Waals surface area contributed by atoms with Crippen molar-refractivity contribution in [2.45, 2.75) is 13.5 Å². The van der Waals surface area contributed by atoms with Crippen molar-refractivity contribution < 1.29 is 0 Å². The van der Waals surface area contributed by atoms with Crippen molar-refractivity contribution >= 4 is 38.3 Å². The quantitative estimate of drug-likeness (QED) is 0.782. The number of hydrogen-bond donors (Lipinski definition) is 1. The van der Waals surface area contributed by atoms with E-state index in [-0.39, 0.29) is 0 Å². The lowest BCUT2D eigenvalue weighted by Gasteiger charge is -2.02. The van der Waals surface area contributed by atoms with E-state index in [0.29, 0.717) is 11.6 Å². The number of halogens is 1. The third kappa shape index (κ3) is 2.85. The van der Waals surface area contributed by atoms with E-state index in [4.69, 9.17) is 11.6 Å². The van der Waals surface area contributed by atoms with Crippen molar-refractivity contribution in [3.05, 3.63) is 52.8 Å². The number of pyridine rings is 1. The average Bonchev–Trinajstić information content (AvgIpc) is 2.78. The second-order valence-electron chi connectivity index (χ2n) is 4.25. The van der Waals surface area contributed by atoms with E-state index in [1.165, 1.54) is 0 Å². The molecule has 0 bridgehead atoms. The number of aromatic nitrogens is 2. The zero-order chi connectivity index (χ0) is 13.2. The number of aryl methyl sites for hydroxylation is 1. The standard InChI is InChI=1S/C14H12ClN3S/c1-9-3-2-4-11(17-9)8-16-14-18-12-7-10(15)5-6-13(12)19-14/h2-7H,8H2,1H3,(H,16,18). The summed E-state index contributed by atoms with van der Waals surface area (Å²) in [6.45, 7) is 2.67. The van der Waals surface area contributed by atoms with E-state index >= 15 is 0 Å². The van der Waals surface area contributed by atoms with Crippen LogP contribution in [0.5, 0.6) is 0 Å². The predicted molar refractivity (Wildman–Crippen MR) is 80.9 cm³/mol. The van der Waals surface area contributed by atoms with Gasteiger partial charge in [0.05, 0.1) is 22.5 Å². The third-order valence-corrected chi connectivity index (χ3v) is 3.95. The zero-order valence-electron chi connectivity index (χ0n) is 10.4. The van der Waals surface area contributed by atoms with E-state index in [1.807, 2.05) is 43.3 Å². The first-order valence-electron chi connectivity index (χ1n) is 5.93. The van der Waals surface area contributed by atoms with Crippen LogP contribution in [-0.4, -0.2) is 9.97 Å². The number of fused-ring (bicyclic) bond motifs is 1. The molecule has 2 aromatic heterocycles. The minimum Gasteiger partial charge on any atom is -0.356 e. The summed E-state index contributed by atoms with van der Waals surface area (Å²) in [5, 5.41) is 4.90. The predicted octanol–water partition coefficient (Wildman–Crippen LogP) is 4.27. The van der Waals surface area contributed by atoms with Gasteiger partial charge < -0.3 is 5.32 Å². The molecule has 0 saturated carbocycles. The van der Waals surface area contributed by atoms with Crippen molar-refractivity contribution in [2.24, 2.45) is 0 Å². The van der Waals surface area contributed by atoms with Crippen LogP contribution in [-0.2, 0) is 6.54 Å². The number of nitrogens with zero attached hydrogens (tertiary/aromatic N) is 2. The molecule has 0 amide bonds. The lowest BCUT2D eigenvalue weighted by Crippen LogP contribution is -2.01. The number of benzene rings is 1. The minimum atomic E-state index is 0.676. The fraction of sp³-hybridized carbons (Fsp3) is 0.143. The lowest BCUT2D eigenvalue weighted by molar-refractivity contribution is 1.01. The molecule has 3 rings (SSSR count). The summed E-state index contributed by atoms with van der Waals surface area (Å²) in [5.74, 6) is 0. The normalized spacial score (nSPS) is 10.8. The van der Waals surface area contributed by atoms with E-state index in [0.717, 1.165) is 26.7 Å². The van der Waals surface area contributed by atoms with Gasteiger partial charge in [-0.1, -0.05) is 29.0 Å². The fourth-order valence-corrected chi connectivity index (χ4v) is 2.85. The summed E-state index contributed by atoms with van der Waals surface area (Å²) in [6, 6.07) is 11.8. The summed E-state index contributed by atoms with van der Waals surface area (Å²) in [4.78, 5) is 8.96. The Morgan fingerprint density at radius 2 is 2.11 bits per heavy atom. The maximum atomic E-state index is 5.95. The Balaban J connectivity index is 1.78. The molecular weight excluding hydrogens is 278 g/mol. The van der Waals surface area contributed by atoms with Crippen LogP contribution in [0.2, 0.25) is 5.02 Å². The van der Waals surface area contributed by atoms with Gasteiger partial charge in [-0.3, -0.25) is 4.98 Å². The van der Waals surface area contributed by atoms with Crippen molar-refractivity contribution in [1.29, 1.82) is 0 Å². The number of hydrogen-bond acceptors (Lipinski definition) is 4. The molecule has 1 aromatic carbocycles. The van der Waals surface area contributed by atoms with E-state index < -0.39 is 0 Å². The molecule has 0 unspecified atom stereocenters. The smallest absolute Gasteiger partial charge is 0.184 e. The fourth-order valence-electron chi connectivity index (χ4n) is 1.84. The Hall–Kier alpha value is -1.65. The van der Waals surface area contributed by atoms with Gasteiger partial charge in [-0.05, 0) is 37.3 Å². The third-order valence-electron chi connectivity index (χ3n) is 2.72. The molecule has 0 atom stereocenters. The Labute approximate surface area is 120 Å². The lowest BCUT2D eigenvalue weighted by atomic mass is 10.3. The largest absolute Gasteiger partial charge is 0.356 e. The highest BCUT2D eigenvalue weighted by Crippen LogP contribution is 2.28. The molecule has 5 heteroatoms. The zero-order valence-corrected chi connectivity index (χ0v) is 11.9. The van der Waals surface area contributed by atoms with Crippen LogP contribution >= 0.6 is 22.9 Å². The molecule has 0 saturated heterocycles. The SMILES string of the molecule is Cc1cccc(CNc2nc3cc(Cl)ccc3s2)n1. The maximum Gasteiger partial charge on any atom is 0.184 e. The molecule has 0 aliphatic carbocycles. The van der Waals surface area contributed by atoms with E-state index in [2.05, 4.69) is 15.3 Å². The van der Waals surface area contributed by atoms with Gasteiger partial charge in [-0.25, -0.2) is 4.98 Å². The molecule has 96 valence electrons. The monoisotopic (exact) mass is 289 g/mol. The van der Waals surface area contributed by atoms with Crippen LogP contribution in [0.1, 0.15) is 11.4 Å². The van der Waals surface area contributed by atoms with E-state index in [1.54, 1.807) is 11.3 Å². The highest BCUT2D eigenvalue weighted by atomic mass is 35.5. The van der Waals surface area contributed by atoms with Gasteiger partial charge in [0, 0.05) is 10.7 Å². The molecule has 1 N–H and O–H groups in total.